The number of carboxylic acids is 1. The van der Waals surface area contributed by atoms with Gasteiger partial charge in [0.05, 0.1) is 17.2 Å². The SMILES string of the molecule is Cl.O=C(O)[C@@H]1CCCN1CC(=O)N1CCc2ccc([N+](=O)[O-])cc21. The zero-order valence-electron chi connectivity index (χ0n) is 12.9. The standard InChI is InChI=1S/C15H17N3O5.ClH/c19-14(9-16-6-1-2-12(16)15(20)21)17-7-5-10-3-4-11(18(22)23)8-13(10)17;/h3-4,8,12H,1-2,5-7,9H2,(H,20,21);1H/t12-;/m0./s1. The number of carbonyl (C=O) groups excluding carboxylic acids is 1. The number of aliphatic carboxylic acids is 1. The number of nitrogens with zero attached hydrogens (tertiary/aromatic N) is 3. The monoisotopic (exact) mass is 355 g/mol. The molecule has 2 heterocycles. The molecule has 0 saturated carbocycles. The van der Waals surface area contributed by atoms with Gasteiger partial charge in [0.25, 0.3) is 5.69 Å². The van der Waals surface area contributed by atoms with Crippen LogP contribution < -0.4 is 4.90 Å². The van der Waals surface area contributed by atoms with Crippen LogP contribution in [-0.4, -0.2) is 52.5 Å². The zero-order chi connectivity index (χ0) is 16.6. The van der Waals surface area contributed by atoms with Crippen LogP contribution in [-0.2, 0) is 16.0 Å². The largest absolute Gasteiger partial charge is 0.480 e. The van der Waals surface area contributed by atoms with Gasteiger partial charge in [0.15, 0.2) is 0 Å². The fourth-order valence-corrected chi connectivity index (χ4v) is 3.29. The number of carboxylic acid groups (broad SMARTS) is 1. The van der Waals surface area contributed by atoms with E-state index >= 15 is 0 Å². The van der Waals surface area contributed by atoms with E-state index in [1.54, 1.807) is 11.0 Å². The Morgan fingerprint density at radius 1 is 1.33 bits per heavy atom. The first-order chi connectivity index (χ1) is 11.0. The van der Waals surface area contributed by atoms with E-state index in [1.165, 1.54) is 17.0 Å². The molecule has 0 spiro atoms. The van der Waals surface area contributed by atoms with Gasteiger partial charge in [0, 0.05) is 18.7 Å². The quantitative estimate of drug-likeness (QED) is 0.647. The van der Waals surface area contributed by atoms with Gasteiger partial charge in [-0.2, -0.15) is 0 Å². The third-order valence-electron chi connectivity index (χ3n) is 4.46. The maximum absolute atomic E-state index is 12.5. The summed E-state index contributed by atoms with van der Waals surface area (Å²) in [6, 6.07) is 3.91. The number of hydrogen-bond acceptors (Lipinski definition) is 5. The van der Waals surface area contributed by atoms with Crippen molar-refractivity contribution in [1.29, 1.82) is 0 Å². The summed E-state index contributed by atoms with van der Waals surface area (Å²) in [6.07, 6.45) is 1.96. The first-order valence-electron chi connectivity index (χ1n) is 7.52. The molecule has 1 atom stereocenters. The Morgan fingerprint density at radius 2 is 2.08 bits per heavy atom. The van der Waals surface area contributed by atoms with Gasteiger partial charge in [-0.15, -0.1) is 12.4 Å². The van der Waals surface area contributed by atoms with E-state index in [0.717, 1.165) is 12.0 Å². The van der Waals surface area contributed by atoms with E-state index in [1.807, 2.05) is 0 Å². The Labute approximate surface area is 144 Å². The number of non-ortho nitro benzene ring substituents is 1. The molecule has 1 fully saturated rings. The van der Waals surface area contributed by atoms with Crippen molar-refractivity contribution in [3.05, 3.63) is 33.9 Å². The van der Waals surface area contributed by atoms with E-state index < -0.39 is 16.9 Å². The van der Waals surface area contributed by atoms with Crippen molar-refractivity contribution in [3.63, 3.8) is 0 Å². The molecule has 9 heteroatoms. The Bertz CT molecular complexity index is 681. The maximum atomic E-state index is 12.5. The third-order valence-corrected chi connectivity index (χ3v) is 4.46. The molecule has 130 valence electrons. The molecule has 1 N–H and O–H groups in total. The Morgan fingerprint density at radius 3 is 2.75 bits per heavy atom. The highest BCUT2D eigenvalue weighted by molar-refractivity contribution is 5.97. The van der Waals surface area contributed by atoms with Crippen molar-refractivity contribution in [2.24, 2.45) is 0 Å². The van der Waals surface area contributed by atoms with Crippen LogP contribution in [0.15, 0.2) is 18.2 Å². The molecule has 1 aromatic rings. The fraction of sp³-hybridized carbons (Fsp3) is 0.467. The Kier molecular flexibility index (Phi) is 5.40. The van der Waals surface area contributed by atoms with Gasteiger partial charge >= 0.3 is 5.97 Å². The summed E-state index contributed by atoms with van der Waals surface area (Å²) < 4.78 is 0. The highest BCUT2D eigenvalue weighted by atomic mass is 35.5. The van der Waals surface area contributed by atoms with E-state index in [-0.39, 0.29) is 30.5 Å². The number of benzene rings is 1. The molecule has 3 rings (SSSR count). The first-order valence-corrected chi connectivity index (χ1v) is 7.52. The Hall–Kier alpha value is -2.19. The first kappa shape index (κ1) is 18.2. The fourth-order valence-electron chi connectivity index (χ4n) is 3.29. The number of nitro groups is 1. The highest BCUT2D eigenvalue weighted by Crippen LogP contribution is 2.32. The summed E-state index contributed by atoms with van der Waals surface area (Å²) in [5.74, 6) is -1.12. The number of carbonyl (C=O) groups is 2. The van der Waals surface area contributed by atoms with Crippen molar-refractivity contribution in [2.45, 2.75) is 25.3 Å². The van der Waals surface area contributed by atoms with Crippen LogP contribution in [0.3, 0.4) is 0 Å². The molecule has 0 aliphatic carbocycles. The lowest BCUT2D eigenvalue weighted by Gasteiger charge is -2.24. The second-order valence-corrected chi connectivity index (χ2v) is 5.83. The maximum Gasteiger partial charge on any atom is 0.320 e. The molecule has 0 unspecified atom stereocenters. The smallest absolute Gasteiger partial charge is 0.320 e. The number of likely N-dealkylation sites (tertiary alicyclic amines) is 1. The lowest BCUT2D eigenvalue weighted by molar-refractivity contribution is -0.384. The summed E-state index contributed by atoms with van der Waals surface area (Å²) in [5, 5.41) is 20.1. The molecule has 1 saturated heterocycles. The van der Waals surface area contributed by atoms with Crippen molar-refractivity contribution in [2.75, 3.05) is 24.5 Å². The van der Waals surface area contributed by atoms with E-state index in [9.17, 15) is 24.8 Å². The average Bonchev–Trinajstić information content (AvgIpc) is 3.12. The van der Waals surface area contributed by atoms with Gasteiger partial charge in [0.2, 0.25) is 5.91 Å². The van der Waals surface area contributed by atoms with Gasteiger partial charge in [-0.05, 0) is 31.4 Å². The minimum absolute atomic E-state index is 0. The molecule has 1 aromatic carbocycles. The summed E-state index contributed by atoms with van der Waals surface area (Å²) in [5.41, 5.74) is 1.42. The number of nitro benzene ring substituents is 1. The number of fused-ring (bicyclic) bond motifs is 1. The predicted octanol–water partition coefficient (Wildman–Crippen LogP) is 1.45. The van der Waals surface area contributed by atoms with E-state index in [0.29, 0.717) is 31.6 Å². The van der Waals surface area contributed by atoms with Gasteiger partial charge in [-0.1, -0.05) is 6.07 Å². The normalized spacial score (nSPS) is 19.7. The Balaban J connectivity index is 0.00000208. The molecule has 0 radical (unpaired) electrons. The van der Waals surface area contributed by atoms with Crippen LogP contribution in [0.2, 0.25) is 0 Å². The third kappa shape index (κ3) is 3.34. The molecule has 1 amide bonds. The number of hydrogen-bond donors (Lipinski definition) is 1. The zero-order valence-corrected chi connectivity index (χ0v) is 13.7. The predicted molar refractivity (Wildman–Crippen MR) is 88.6 cm³/mol. The van der Waals surface area contributed by atoms with Crippen molar-refractivity contribution in [1.82, 2.24) is 4.90 Å². The topological polar surface area (TPSA) is 104 Å². The van der Waals surface area contributed by atoms with E-state index in [2.05, 4.69) is 0 Å². The summed E-state index contributed by atoms with van der Waals surface area (Å²) in [7, 11) is 0. The van der Waals surface area contributed by atoms with Gasteiger partial charge < -0.3 is 10.0 Å². The summed E-state index contributed by atoms with van der Waals surface area (Å²) in [4.78, 5) is 37.3. The van der Waals surface area contributed by atoms with Crippen LogP contribution >= 0.6 is 12.4 Å². The second kappa shape index (κ2) is 7.14. The molecule has 0 bridgehead atoms. The lowest BCUT2D eigenvalue weighted by atomic mass is 10.1. The average molecular weight is 356 g/mol. The number of amides is 1. The molecular weight excluding hydrogens is 338 g/mol. The summed E-state index contributed by atoms with van der Waals surface area (Å²) >= 11 is 0. The van der Waals surface area contributed by atoms with Gasteiger partial charge in [0.1, 0.15) is 6.04 Å². The molecule has 2 aliphatic rings. The minimum atomic E-state index is -0.909. The second-order valence-electron chi connectivity index (χ2n) is 5.83. The van der Waals surface area contributed by atoms with E-state index in [4.69, 9.17) is 0 Å². The molecule has 2 aliphatic heterocycles. The molecule has 8 nitrogen and oxygen atoms in total. The molecule has 24 heavy (non-hydrogen) atoms. The minimum Gasteiger partial charge on any atom is -0.480 e. The molecule has 0 aromatic heterocycles. The van der Waals surface area contributed by atoms with Crippen molar-refractivity contribution >= 4 is 35.7 Å². The van der Waals surface area contributed by atoms with Crippen LogP contribution in [0.5, 0.6) is 0 Å². The van der Waals surface area contributed by atoms with Crippen LogP contribution in [0.25, 0.3) is 0 Å². The van der Waals surface area contributed by atoms with Crippen LogP contribution in [0.4, 0.5) is 11.4 Å². The number of halogens is 1. The van der Waals surface area contributed by atoms with Crippen molar-refractivity contribution in [3.8, 4) is 0 Å². The van der Waals surface area contributed by atoms with Crippen LogP contribution in [0.1, 0.15) is 18.4 Å². The number of anilines is 1. The summed E-state index contributed by atoms with van der Waals surface area (Å²) in [6.45, 7) is 1.08. The molecular formula is C15H18ClN3O5. The van der Waals surface area contributed by atoms with Crippen molar-refractivity contribution < 1.29 is 19.6 Å². The highest BCUT2D eigenvalue weighted by Gasteiger charge is 2.34. The lowest BCUT2D eigenvalue weighted by Crippen LogP contribution is -2.44. The number of rotatable bonds is 4. The van der Waals surface area contributed by atoms with Crippen LogP contribution in [0, 0.1) is 10.1 Å². The van der Waals surface area contributed by atoms with Gasteiger partial charge in [-0.25, -0.2) is 0 Å². The van der Waals surface area contributed by atoms with Gasteiger partial charge in [-0.3, -0.25) is 24.6 Å².